The Hall–Kier alpha value is -4.95. The Bertz CT molecular complexity index is 2030. The van der Waals surface area contributed by atoms with Gasteiger partial charge in [0.1, 0.15) is 24.1 Å². The molecule has 4 aromatic carbocycles. The zero-order valence-corrected chi connectivity index (χ0v) is 24.9. The minimum Gasteiger partial charge on any atom is -0.496 e. The number of para-hydroxylation sites is 1. The molecular weight excluding hydrogens is 560 g/mol. The number of esters is 1. The predicted molar refractivity (Wildman–Crippen MR) is 168 cm³/mol. The Labute approximate surface area is 252 Å². The standard InChI is InChI=1S/C35H30N2O5S/c1-4-41-34(39)31-22(2)36-35-37(32(31)28-14-7-8-15-29(28)40-3)33(38)30(43-35)20-23-16-18-26(19-17-23)42-21-25-12-9-11-24-10-5-6-13-27(24)25/h5-20,32H,4,21H2,1-3H3/b30-20+/t32-/m0/s1. The quantitative estimate of drug-likeness (QED) is 0.222. The van der Waals surface area contributed by atoms with Gasteiger partial charge in [-0.1, -0.05) is 84.1 Å². The second-order valence-electron chi connectivity index (χ2n) is 10.0. The normalized spacial score (nSPS) is 14.8. The van der Waals surface area contributed by atoms with Crippen LogP contribution in [0.5, 0.6) is 11.5 Å². The number of hydrogen-bond donors (Lipinski definition) is 0. The molecular formula is C35H30N2O5S. The number of rotatable bonds is 8. The van der Waals surface area contributed by atoms with E-state index in [9.17, 15) is 9.59 Å². The molecule has 0 saturated heterocycles. The van der Waals surface area contributed by atoms with E-state index < -0.39 is 12.0 Å². The Balaban J connectivity index is 1.33. The summed E-state index contributed by atoms with van der Waals surface area (Å²) in [6, 6.07) is 28.7. The summed E-state index contributed by atoms with van der Waals surface area (Å²) in [5.41, 5.74) is 3.23. The number of hydrogen-bond acceptors (Lipinski definition) is 7. The highest BCUT2D eigenvalue weighted by Gasteiger charge is 2.34. The van der Waals surface area contributed by atoms with Gasteiger partial charge in [-0.3, -0.25) is 9.36 Å². The topological polar surface area (TPSA) is 79.1 Å². The van der Waals surface area contributed by atoms with Crippen LogP contribution in [0.1, 0.15) is 36.6 Å². The fourth-order valence-corrected chi connectivity index (χ4v) is 6.42. The highest BCUT2D eigenvalue weighted by Crippen LogP contribution is 2.35. The second kappa shape index (κ2) is 12.1. The first kappa shape index (κ1) is 28.2. The summed E-state index contributed by atoms with van der Waals surface area (Å²) in [6.07, 6.45) is 1.83. The predicted octanol–water partition coefficient (Wildman–Crippen LogP) is 5.54. The lowest BCUT2D eigenvalue weighted by molar-refractivity contribution is -0.139. The Morgan fingerprint density at radius 2 is 1.72 bits per heavy atom. The first-order valence-corrected chi connectivity index (χ1v) is 14.8. The first-order valence-electron chi connectivity index (χ1n) is 14.0. The smallest absolute Gasteiger partial charge is 0.338 e. The zero-order chi connectivity index (χ0) is 29.9. The van der Waals surface area contributed by atoms with Crippen LogP contribution in [0.15, 0.2) is 112 Å². The molecule has 216 valence electrons. The van der Waals surface area contributed by atoms with Gasteiger partial charge in [-0.25, -0.2) is 9.79 Å². The molecule has 8 heteroatoms. The molecule has 0 radical (unpaired) electrons. The molecule has 0 amide bonds. The van der Waals surface area contributed by atoms with E-state index in [-0.39, 0.29) is 12.2 Å². The van der Waals surface area contributed by atoms with E-state index in [0.717, 1.165) is 16.9 Å². The number of benzene rings is 4. The third-order valence-corrected chi connectivity index (χ3v) is 8.39. The van der Waals surface area contributed by atoms with Crippen LogP contribution in [-0.2, 0) is 16.1 Å². The van der Waals surface area contributed by atoms with Crippen LogP contribution < -0.4 is 24.4 Å². The van der Waals surface area contributed by atoms with Gasteiger partial charge >= 0.3 is 5.97 Å². The molecule has 1 aliphatic rings. The van der Waals surface area contributed by atoms with Gasteiger partial charge in [0.25, 0.3) is 5.56 Å². The Kier molecular flexibility index (Phi) is 7.94. The summed E-state index contributed by atoms with van der Waals surface area (Å²) >= 11 is 1.28. The number of methoxy groups -OCH3 is 1. The van der Waals surface area contributed by atoms with Crippen LogP contribution >= 0.6 is 11.3 Å². The van der Waals surface area contributed by atoms with E-state index in [4.69, 9.17) is 14.2 Å². The monoisotopic (exact) mass is 590 g/mol. The number of fused-ring (bicyclic) bond motifs is 2. The maximum Gasteiger partial charge on any atom is 0.338 e. The van der Waals surface area contributed by atoms with Crippen LogP contribution in [0, 0.1) is 0 Å². The van der Waals surface area contributed by atoms with E-state index >= 15 is 0 Å². The Morgan fingerprint density at radius 1 is 0.977 bits per heavy atom. The summed E-state index contributed by atoms with van der Waals surface area (Å²) in [5, 5.41) is 2.35. The van der Waals surface area contributed by atoms with Gasteiger partial charge in [-0.2, -0.15) is 0 Å². The highest BCUT2D eigenvalue weighted by molar-refractivity contribution is 7.07. The maximum atomic E-state index is 13.9. The summed E-state index contributed by atoms with van der Waals surface area (Å²) < 4.78 is 19.2. The van der Waals surface area contributed by atoms with Crippen molar-refractivity contribution in [2.24, 2.45) is 4.99 Å². The van der Waals surface area contributed by atoms with Gasteiger partial charge in [0.05, 0.1) is 29.5 Å². The Morgan fingerprint density at radius 3 is 2.51 bits per heavy atom. The van der Waals surface area contributed by atoms with Crippen molar-refractivity contribution in [3.05, 3.63) is 139 Å². The minimum atomic E-state index is -0.738. The van der Waals surface area contributed by atoms with Crippen LogP contribution in [0.25, 0.3) is 16.8 Å². The molecule has 0 N–H and O–H groups in total. The summed E-state index contributed by atoms with van der Waals surface area (Å²) in [7, 11) is 1.57. The fraction of sp³-hybridized carbons (Fsp3) is 0.171. The van der Waals surface area contributed by atoms with Crippen molar-refractivity contribution >= 4 is 34.2 Å². The lowest BCUT2D eigenvalue weighted by Crippen LogP contribution is -2.40. The molecule has 5 aromatic rings. The number of ether oxygens (including phenoxy) is 3. The van der Waals surface area contributed by atoms with E-state index in [1.54, 1.807) is 25.5 Å². The molecule has 0 spiro atoms. The molecule has 1 aromatic heterocycles. The molecule has 43 heavy (non-hydrogen) atoms. The molecule has 0 saturated carbocycles. The van der Waals surface area contributed by atoms with Crippen molar-refractivity contribution in [3.8, 4) is 11.5 Å². The van der Waals surface area contributed by atoms with Gasteiger partial charge in [-0.15, -0.1) is 0 Å². The van der Waals surface area contributed by atoms with Gasteiger partial charge in [0.2, 0.25) is 0 Å². The van der Waals surface area contributed by atoms with Crippen LogP contribution in [0.2, 0.25) is 0 Å². The van der Waals surface area contributed by atoms with Crippen molar-refractivity contribution in [2.45, 2.75) is 26.5 Å². The molecule has 0 aliphatic carbocycles. The number of allylic oxidation sites excluding steroid dienone is 1. The molecule has 1 aliphatic heterocycles. The lowest BCUT2D eigenvalue weighted by atomic mass is 9.95. The van der Waals surface area contributed by atoms with E-state index in [1.807, 2.05) is 72.8 Å². The van der Waals surface area contributed by atoms with E-state index in [1.165, 1.54) is 22.1 Å². The lowest BCUT2D eigenvalue weighted by Gasteiger charge is -2.25. The third-order valence-electron chi connectivity index (χ3n) is 7.40. The van der Waals surface area contributed by atoms with E-state index in [0.29, 0.717) is 38.5 Å². The number of nitrogens with zero attached hydrogens (tertiary/aromatic N) is 2. The molecule has 0 bridgehead atoms. The number of thiazole rings is 1. The van der Waals surface area contributed by atoms with Crippen molar-refractivity contribution < 1.29 is 19.0 Å². The summed E-state index contributed by atoms with van der Waals surface area (Å²) in [6.45, 7) is 4.18. The van der Waals surface area contributed by atoms with Gasteiger partial charge in [0.15, 0.2) is 4.80 Å². The summed E-state index contributed by atoms with van der Waals surface area (Å²) in [5.74, 6) is 0.795. The average Bonchev–Trinajstić information content (AvgIpc) is 3.33. The number of carbonyl (C=O) groups excluding carboxylic acids is 1. The van der Waals surface area contributed by atoms with Gasteiger partial charge in [-0.05, 0) is 60.0 Å². The molecule has 7 nitrogen and oxygen atoms in total. The van der Waals surface area contributed by atoms with Crippen molar-refractivity contribution in [2.75, 3.05) is 13.7 Å². The number of carbonyl (C=O) groups is 1. The molecule has 1 atom stereocenters. The summed E-state index contributed by atoms with van der Waals surface area (Å²) in [4.78, 5) is 32.2. The molecule has 6 rings (SSSR count). The molecule has 0 unspecified atom stereocenters. The third kappa shape index (κ3) is 5.49. The molecule has 0 fully saturated rings. The van der Waals surface area contributed by atoms with Crippen LogP contribution in [-0.4, -0.2) is 24.3 Å². The van der Waals surface area contributed by atoms with E-state index in [2.05, 4.69) is 29.3 Å². The van der Waals surface area contributed by atoms with Gasteiger partial charge < -0.3 is 14.2 Å². The van der Waals surface area contributed by atoms with Crippen molar-refractivity contribution in [1.82, 2.24) is 4.57 Å². The van der Waals surface area contributed by atoms with Crippen molar-refractivity contribution in [1.29, 1.82) is 0 Å². The van der Waals surface area contributed by atoms with Crippen LogP contribution in [0.3, 0.4) is 0 Å². The fourth-order valence-electron chi connectivity index (χ4n) is 5.37. The first-order chi connectivity index (χ1) is 21.0. The minimum absolute atomic E-state index is 0.209. The second-order valence-corrected chi connectivity index (χ2v) is 11.0. The van der Waals surface area contributed by atoms with Gasteiger partial charge in [0, 0.05) is 5.56 Å². The van der Waals surface area contributed by atoms with Crippen molar-refractivity contribution in [3.63, 3.8) is 0 Å². The maximum absolute atomic E-state index is 13.9. The number of aromatic nitrogens is 1. The SMILES string of the molecule is CCOC(=O)C1=C(C)N=c2s/c(=C/c3ccc(OCc4cccc5ccccc45)cc3)c(=O)n2[C@H]1c1ccccc1OC. The molecule has 2 heterocycles. The highest BCUT2D eigenvalue weighted by atomic mass is 32.1. The largest absolute Gasteiger partial charge is 0.496 e. The zero-order valence-electron chi connectivity index (χ0n) is 24.1. The average molecular weight is 591 g/mol. The van der Waals surface area contributed by atoms with Crippen LogP contribution in [0.4, 0.5) is 0 Å².